The van der Waals surface area contributed by atoms with Gasteiger partial charge in [-0.15, -0.1) is 24.0 Å². The molecular weight excluding hydrogens is 423 g/mol. The number of carbonyl (C=O) groups is 1. The molecule has 0 saturated heterocycles. The van der Waals surface area contributed by atoms with Crippen LogP contribution in [0.2, 0.25) is 0 Å². The maximum absolute atomic E-state index is 11.7. The fourth-order valence-electron chi connectivity index (χ4n) is 1.74. The molecule has 0 aliphatic rings. The van der Waals surface area contributed by atoms with E-state index < -0.39 is 0 Å². The van der Waals surface area contributed by atoms with E-state index in [1.165, 1.54) is 5.56 Å². The van der Waals surface area contributed by atoms with E-state index in [0.717, 1.165) is 12.3 Å². The van der Waals surface area contributed by atoms with Crippen molar-refractivity contribution in [3.63, 3.8) is 0 Å². The molecule has 0 bridgehead atoms. The number of nitrogens with zero attached hydrogens (tertiary/aromatic N) is 2. The summed E-state index contributed by atoms with van der Waals surface area (Å²) in [6.45, 7) is 3.03. The standard InChI is InChI=1S/C16H26N4OS.HI/c1-13(14-8-6-5-7-9-14)19-16(17-10-11-22-4)18-12-15(21)20(2)3;/h5-9,13H,10-12H2,1-4H3,(H2,17,18,19);1H. The van der Waals surface area contributed by atoms with Crippen molar-refractivity contribution in [2.24, 2.45) is 4.99 Å². The van der Waals surface area contributed by atoms with Crippen molar-refractivity contribution in [2.45, 2.75) is 13.0 Å². The Balaban J connectivity index is 0.00000484. The number of halogens is 1. The van der Waals surface area contributed by atoms with Crippen molar-refractivity contribution < 1.29 is 4.79 Å². The van der Waals surface area contributed by atoms with Gasteiger partial charge in [0.05, 0.1) is 6.04 Å². The summed E-state index contributed by atoms with van der Waals surface area (Å²) in [4.78, 5) is 17.6. The van der Waals surface area contributed by atoms with Crippen molar-refractivity contribution in [3.05, 3.63) is 35.9 Å². The first-order valence-electron chi connectivity index (χ1n) is 7.33. The molecule has 0 fully saturated rings. The Bertz CT molecular complexity index is 482. The molecule has 7 heteroatoms. The number of amides is 1. The van der Waals surface area contributed by atoms with Crippen LogP contribution in [-0.4, -0.2) is 56.0 Å². The Hall–Kier alpha value is -0.960. The van der Waals surface area contributed by atoms with Crippen LogP contribution in [0.15, 0.2) is 35.3 Å². The number of aliphatic imine (C=N–C) groups is 1. The first-order chi connectivity index (χ1) is 10.5. The Morgan fingerprint density at radius 3 is 2.52 bits per heavy atom. The molecule has 1 unspecified atom stereocenters. The summed E-state index contributed by atoms with van der Waals surface area (Å²) in [5.74, 6) is 1.64. The minimum absolute atomic E-state index is 0. The van der Waals surface area contributed by atoms with E-state index in [0.29, 0.717) is 5.96 Å². The summed E-state index contributed by atoms with van der Waals surface area (Å²) in [6.07, 6.45) is 2.06. The third-order valence-corrected chi connectivity index (χ3v) is 3.74. The zero-order valence-electron chi connectivity index (χ0n) is 14.2. The van der Waals surface area contributed by atoms with Crippen molar-refractivity contribution in [2.75, 3.05) is 39.2 Å². The molecule has 0 radical (unpaired) electrons. The van der Waals surface area contributed by atoms with Gasteiger partial charge in [-0.3, -0.25) is 4.79 Å². The van der Waals surface area contributed by atoms with E-state index in [4.69, 9.17) is 0 Å². The number of thioether (sulfide) groups is 1. The van der Waals surface area contributed by atoms with Crippen LogP contribution in [-0.2, 0) is 4.79 Å². The van der Waals surface area contributed by atoms with Crippen molar-refractivity contribution in [1.82, 2.24) is 15.5 Å². The number of nitrogens with one attached hydrogen (secondary N) is 2. The summed E-state index contributed by atoms with van der Waals surface area (Å²) >= 11 is 1.77. The van der Waals surface area contributed by atoms with E-state index in [2.05, 4.69) is 40.9 Å². The van der Waals surface area contributed by atoms with Crippen LogP contribution in [0.5, 0.6) is 0 Å². The monoisotopic (exact) mass is 450 g/mol. The molecule has 1 amide bonds. The van der Waals surface area contributed by atoms with Crippen LogP contribution in [0.3, 0.4) is 0 Å². The van der Waals surface area contributed by atoms with Gasteiger partial charge in [-0.05, 0) is 18.7 Å². The van der Waals surface area contributed by atoms with Crippen molar-refractivity contribution in [1.29, 1.82) is 0 Å². The van der Waals surface area contributed by atoms with E-state index in [1.54, 1.807) is 30.8 Å². The number of likely N-dealkylation sites (N-methyl/N-ethyl adjacent to an activating group) is 1. The number of hydrogen-bond acceptors (Lipinski definition) is 3. The van der Waals surface area contributed by atoms with Gasteiger partial charge in [-0.2, -0.15) is 11.8 Å². The summed E-state index contributed by atoms with van der Waals surface area (Å²) in [6, 6.07) is 10.3. The first-order valence-corrected chi connectivity index (χ1v) is 8.73. The molecule has 0 spiro atoms. The summed E-state index contributed by atoms with van der Waals surface area (Å²) in [7, 11) is 3.47. The number of guanidine groups is 1. The molecule has 0 aliphatic carbocycles. The van der Waals surface area contributed by atoms with Crippen molar-refractivity contribution >= 4 is 47.6 Å². The molecule has 1 aromatic rings. The van der Waals surface area contributed by atoms with Gasteiger partial charge in [0.2, 0.25) is 5.91 Å². The van der Waals surface area contributed by atoms with Gasteiger partial charge in [0, 0.05) is 26.4 Å². The summed E-state index contributed by atoms with van der Waals surface area (Å²) < 4.78 is 0. The Kier molecular flexibility index (Phi) is 11.9. The minimum atomic E-state index is -0.0154. The first kappa shape index (κ1) is 22.0. The smallest absolute Gasteiger partial charge is 0.243 e. The lowest BCUT2D eigenvalue weighted by atomic mass is 10.1. The second-order valence-electron chi connectivity index (χ2n) is 5.15. The van der Waals surface area contributed by atoms with Crippen molar-refractivity contribution in [3.8, 4) is 0 Å². The number of rotatable bonds is 7. The molecule has 0 aromatic heterocycles. The highest BCUT2D eigenvalue weighted by Gasteiger charge is 2.09. The van der Waals surface area contributed by atoms with Gasteiger partial charge in [-0.25, -0.2) is 4.99 Å². The lowest BCUT2D eigenvalue weighted by molar-refractivity contribution is -0.127. The van der Waals surface area contributed by atoms with Crippen LogP contribution in [0, 0.1) is 0 Å². The third-order valence-electron chi connectivity index (χ3n) is 3.12. The zero-order chi connectivity index (χ0) is 16.4. The number of carbonyl (C=O) groups excluding carboxylic acids is 1. The summed E-state index contributed by atoms with van der Waals surface area (Å²) in [5, 5.41) is 6.61. The highest BCUT2D eigenvalue weighted by atomic mass is 127. The molecule has 0 saturated carbocycles. The molecule has 0 heterocycles. The number of benzene rings is 1. The third kappa shape index (κ3) is 9.04. The minimum Gasteiger partial charge on any atom is -0.356 e. The fourth-order valence-corrected chi connectivity index (χ4v) is 2.05. The molecule has 1 aromatic carbocycles. The molecule has 5 nitrogen and oxygen atoms in total. The average Bonchev–Trinajstić information content (AvgIpc) is 2.52. The van der Waals surface area contributed by atoms with Crippen LogP contribution in [0.25, 0.3) is 0 Å². The second-order valence-corrected chi connectivity index (χ2v) is 6.13. The average molecular weight is 450 g/mol. The quantitative estimate of drug-likeness (QED) is 0.290. The predicted molar refractivity (Wildman–Crippen MR) is 111 cm³/mol. The highest BCUT2D eigenvalue weighted by molar-refractivity contribution is 14.0. The highest BCUT2D eigenvalue weighted by Crippen LogP contribution is 2.10. The van der Waals surface area contributed by atoms with E-state index in [-0.39, 0.29) is 42.5 Å². The van der Waals surface area contributed by atoms with E-state index in [9.17, 15) is 4.79 Å². The Morgan fingerprint density at radius 1 is 1.30 bits per heavy atom. The maximum atomic E-state index is 11.7. The lowest BCUT2D eigenvalue weighted by Crippen LogP contribution is -2.40. The second kappa shape index (κ2) is 12.5. The molecule has 2 N–H and O–H groups in total. The number of hydrogen-bond donors (Lipinski definition) is 2. The maximum Gasteiger partial charge on any atom is 0.243 e. The Morgan fingerprint density at radius 2 is 1.96 bits per heavy atom. The molecule has 130 valence electrons. The predicted octanol–water partition coefficient (Wildman–Crippen LogP) is 2.35. The van der Waals surface area contributed by atoms with Gasteiger partial charge >= 0.3 is 0 Å². The van der Waals surface area contributed by atoms with Gasteiger partial charge < -0.3 is 15.5 Å². The van der Waals surface area contributed by atoms with Crippen LogP contribution in [0.1, 0.15) is 18.5 Å². The van der Waals surface area contributed by atoms with Gasteiger partial charge in [-0.1, -0.05) is 30.3 Å². The van der Waals surface area contributed by atoms with Gasteiger partial charge in [0.15, 0.2) is 5.96 Å². The van der Waals surface area contributed by atoms with Crippen LogP contribution >= 0.6 is 35.7 Å². The SMILES string of the molecule is CSCCNC(=NCC(=O)N(C)C)NC(C)c1ccccc1.I. The Labute approximate surface area is 160 Å². The molecule has 1 rings (SSSR count). The normalized spacial score (nSPS) is 12.1. The van der Waals surface area contributed by atoms with E-state index >= 15 is 0 Å². The van der Waals surface area contributed by atoms with E-state index in [1.807, 2.05) is 18.2 Å². The van der Waals surface area contributed by atoms with Crippen LogP contribution in [0.4, 0.5) is 0 Å². The lowest BCUT2D eigenvalue weighted by Gasteiger charge is -2.19. The zero-order valence-corrected chi connectivity index (χ0v) is 17.4. The molecular formula is C16H27IN4OS. The van der Waals surface area contributed by atoms with Crippen LogP contribution < -0.4 is 10.6 Å². The molecule has 0 aliphatic heterocycles. The molecule has 1 atom stereocenters. The fraction of sp³-hybridized carbons (Fsp3) is 0.500. The van der Waals surface area contributed by atoms with Gasteiger partial charge in [0.1, 0.15) is 6.54 Å². The van der Waals surface area contributed by atoms with Gasteiger partial charge in [0.25, 0.3) is 0 Å². The topological polar surface area (TPSA) is 56.7 Å². The molecule has 23 heavy (non-hydrogen) atoms. The largest absolute Gasteiger partial charge is 0.356 e. The summed E-state index contributed by atoms with van der Waals surface area (Å²) in [5.41, 5.74) is 1.18.